The molecule has 0 radical (unpaired) electrons. The van der Waals surface area contributed by atoms with E-state index in [4.69, 9.17) is 0 Å². The van der Waals surface area contributed by atoms with Crippen molar-refractivity contribution in [2.45, 2.75) is 32.8 Å². The van der Waals surface area contributed by atoms with Gasteiger partial charge in [-0.05, 0) is 37.8 Å². The maximum atomic E-state index is 10.1. The zero-order chi connectivity index (χ0) is 10.1. The van der Waals surface area contributed by atoms with Crippen molar-refractivity contribution in [2.24, 2.45) is 0 Å². The van der Waals surface area contributed by atoms with Gasteiger partial charge in [-0.15, -0.1) is 0 Å². The molecule has 2 aliphatic rings. The summed E-state index contributed by atoms with van der Waals surface area (Å²) in [5.41, 5.74) is 4.80. The first-order chi connectivity index (χ1) is 6.66. The first-order valence-electron chi connectivity index (χ1n) is 5.09. The molecule has 0 saturated heterocycles. The van der Waals surface area contributed by atoms with Gasteiger partial charge in [0, 0.05) is 0 Å². The highest BCUT2D eigenvalue weighted by atomic mass is 16.3. The van der Waals surface area contributed by atoms with Gasteiger partial charge in [0.15, 0.2) is 0 Å². The second-order valence-electron chi connectivity index (χ2n) is 4.15. The first kappa shape index (κ1) is 9.47. The van der Waals surface area contributed by atoms with Crippen LogP contribution in [0.15, 0.2) is 46.6 Å². The Morgan fingerprint density at radius 1 is 1.00 bits per heavy atom. The molecule has 0 spiro atoms. The van der Waals surface area contributed by atoms with Crippen LogP contribution in [0.1, 0.15) is 26.7 Å². The lowest BCUT2D eigenvalue weighted by molar-refractivity contribution is 0.243. The third kappa shape index (κ3) is 1.73. The number of rotatable bonds is 2. The Bertz CT molecular complexity index is 331. The SMILES string of the molecule is CC1=CCC(C(O)C2=CC(C)=CC2)=C1. The van der Waals surface area contributed by atoms with Crippen molar-refractivity contribution in [3.8, 4) is 0 Å². The van der Waals surface area contributed by atoms with Gasteiger partial charge in [-0.2, -0.15) is 0 Å². The summed E-state index contributed by atoms with van der Waals surface area (Å²) in [5.74, 6) is 0. The summed E-state index contributed by atoms with van der Waals surface area (Å²) in [4.78, 5) is 0. The van der Waals surface area contributed by atoms with Crippen LogP contribution in [-0.4, -0.2) is 11.2 Å². The van der Waals surface area contributed by atoms with Crippen LogP contribution in [0.2, 0.25) is 0 Å². The molecular weight excluding hydrogens is 172 g/mol. The van der Waals surface area contributed by atoms with E-state index in [1.807, 2.05) is 0 Å². The highest BCUT2D eigenvalue weighted by Gasteiger charge is 2.19. The number of aliphatic hydroxyl groups is 1. The Morgan fingerprint density at radius 3 is 1.71 bits per heavy atom. The molecule has 1 N–H and O–H groups in total. The number of hydrogen-bond donors (Lipinski definition) is 1. The summed E-state index contributed by atoms with van der Waals surface area (Å²) in [7, 11) is 0. The molecule has 0 aromatic carbocycles. The predicted octanol–water partition coefficient (Wildman–Crippen LogP) is 2.90. The van der Waals surface area contributed by atoms with Gasteiger partial charge in [-0.3, -0.25) is 0 Å². The molecule has 2 aliphatic carbocycles. The Kier molecular flexibility index (Phi) is 2.42. The van der Waals surface area contributed by atoms with Gasteiger partial charge in [0.25, 0.3) is 0 Å². The van der Waals surface area contributed by atoms with E-state index in [2.05, 4.69) is 38.2 Å². The highest BCUT2D eigenvalue weighted by molar-refractivity contribution is 5.42. The molecule has 0 aromatic heterocycles. The van der Waals surface area contributed by atoms with Crippen molar-refractivity contribution in [3.63, 3.8) is 0 Å². The fraction of sp³-hybridized carbons (Fsp3) is 0.385. The molecule has 2 rings (SSSR count). The Labute approximate surface area is 85.1 Å². The first-order valence-corrected chi connectivity index (χ1v) is 5.09. The minimum atomic E-state index is -0.364. The van der Waals surface area contributed by atoms with Gasteiger partial charge in [0.1, 0.15) is 0 Å². The van der Waals surface area contributed by atoms with E-state index in [9.17, 15) is 5.11 Å². The van der Waals surface area contributed by atoms with E-state index in [1.165, 1.54) is 11.1 Å². The van der Waals surface area contributed by atoms with Crippen LogP contribution in [0.25, 0.3) is 0 Å². The van der Waals surface area contributed by atoms with Crippen molar-refractivity contribution < 1.29 is 5.11 Å². The van der Waals surface area contributed by atoms with Gasteiger partial charge in [-0.25, -0.2) is 0 Å². The monoisotopic (exact) mass is 188 g/mol. The van der Waals surface area contributed by atoms with E-state index in [0.717, 1.165) is 24.0 Å². The average molecular weight is 188 g/mol. The van der Waals surface area contributed by atoms with Gasteiger partial charge in [-0.1, -0.05) is 35.5 Å². The standard InChI is InChI=1S/C13H16O/c1-9-3-5-11(7-9)13(14)12-6-4-10(2)8-12/h3-4,7-8,13-14H,5-6H2,1-2H3. The Hall–Kier alpha value is -1.08. The maximum absolute atomic E-state index is 10.1. The fourth-order valence-electron chi connectivity index (χ4n) is 2.00. The second kappa shape index (κ2) is 3.58. The fourth-order valence-corrected chi connectivity index (χ4v) is 2.00. The van der Waals surface area contributed by atoms with E-state index in [1.54, 1.807) is 0 Å². The van der Waals surface area contributed by atoms with E-state index in [0.29, 0.717) is 0 Å². The summed E-state index contributed by atoms with van der Waals surface area (Å²) in [6.07, 6.45) is 9.96. The largest absolute Gasteiger partial charge is 0.384 e. The van der Waals surface area contributed by atoms with Gasteiger partial charge < -0.3 is 5.11 Å². The van der Waals surface area contributed by atoms with E-state index >= 15 is 0 Å². The molecule has 0 aromatic rings. The topological polar surface area (TPSA) is 20.2 Å². The molecule has 0 bridgehead atoms. The Morgan fingerprint density at radius 2 is 1.43 bits per heavy atom. The summed E-state index contributed by atoms with van der Waals surface area (Å²) in [5, 5.41) is 10.1. The third-order valence-corrected chi connectivity index (χ3v) is 2.85. The molecular formula is C13H16O. The minimum absolute atomic E-state index is 0.364. The molecule has 0 atom stereocenters. The summed E-state index contributed by atoms with van der Waals surface area (Å²) >= 11 is 0. The molecule has 14 heavy (non-hydrogen) atoms. The number of aliphatic hydroxyl groups excluding tert-OH is 1. The van der Waals surface area contributed by atoms with Crippen LogP contribution in [0, 0.1) is 0 Å². The average Bonchev–Trinajstić information content (AvgIpc) is 2.73. The summed E-state index contributed by atoms with van der Waals surface area (Å²) in [6.45, 7) is 4.15. The van der Waals surface area contributed by atoms with Crippen LogP contribution in [0.5, 0.6) is 0 Å². The molecule has 0 unspecified atom stereocenters. The van der Waals surface area contributed by atoms with Gasteiger partial charge in [0.2, 0.25) is 0 Å². The lowest BCUT2D eigenvalue weighted by Gasteiger charge is -2.12. The zero-order valence-electron chi connectivity index (χ0n) is 8.75. The second-order valence-corrected chi connectivity index (χ2v) is 4.15. The van der Waals surface area contributed by atoms with Crippen molar-refractivity contribution >= 4 is 0 Å². The smallest absolute Gasteiger partial charge is 0.0973 e. The highest BCUT2D eigenvalue weighted by Crippen LogP contribution is 2.28. The molecule has 0 amide bonds. The molecule has 74 valence electrons. The van der Waals surface area contributed by atoms with Crippen LogP contribution < -0.4 is 0 Å². The number of allylic oxidation sites excluding steroid dienone is 6. The number of hydrogen-bond acceptors (Lipinski definition) is 1. The summed E-state index contributed by atoms with van der Waals surface area (Å²) in [6, 6.07) is 0. The van der Waals surface area contributed by atoms with Crippen molar-refractivity contribution in [1.29, 1.82) is 0 Å². The molecule has 0 aliphatic heterocycles. The molecule has 0 fully saturated rings. The minimum Gasteiger partial charge on any atom is -0.384 e. The lowest BCUT2D eigenvalue weighted by Crippen LogP contribution is -2.11. The quantitative estimate of drug-likeness (QED) is 0.706. The van der Waals surface area contributed by atoms with Crippen LogP contribution in [-0.2, 0) is 0 Å². The van der Waals surface area contributed by atoms with Crippen molar-refractivity contribution in [3.05, 3.63) is 46.6 Å². The van der Waals surface area contributed by atoms with Crippen LogP contribution >= 0.6 is 0 Å². The Balaban J connectivity index is 2.08. The normalized spacial score (nSPS) is 20.9. The molecule has 0 saturated carbocycles. The van der Waals surface area contributed by atoms with Crippen LogP contribution in [0.3, 0.4) is 0 Å². The van der Waals surface area contributed by atoms with E-state index in [-0.39, 0.29) is 6.10 Å². The third-order valence-electron chi connectivity index (χ3n) is 2.85. The summed E-state index contributed by atoms with van der Waals surface area (Å²) < 4.78 is 0. The van der Waals surface area contributed by atoms with Crippen LogP contribution in [0.4, 0.5) is 0 Å². The predicted molar refractivity (Wildman–Crippen MR) is 58.9 cm³/mol. The lowest BCUT2D eigenvalue weighted by atomic mass is 10.00. The van der Waals surface area contributed by atoms with Crippen molar-refractivity contribution in [1.82, 2.24) is 0 Å². The molecule has 1 heteroatoms. The molecule has 0 heterocycles. The molecule has 1 nitrogen and oxygen atoms in total. The van der Waals surface area contributed by atoms with Gasteiger partial charge >= 0.3 is 0 Å². The van der Waals surface area contributed by atoms with E-state index < -0.39 is 0 Å². The maximum Gasteiger partial charge on any atom is 0.0973 e. The van der Waals surface area contributed by atoms with Crippen molar-refractivity contribution in [2.75, 3.05) is 0 Å². The zero-order valence-corrected chi connectivity index (χ0v) is 8.75. The van der Waals surface area contributed by atoms with Gasteiger partial charge in [0.05, 0.1) is 6.10 Å².